The molecule has 110 valence electrons. The van der Waals surface area contributed by atoms with Gasteiger partial charge in [-0.3, -0.25) is 10.6 Å². The Bertz CT molecular complexity index is 611. The summed E-state index contributed by atoms with van der Waals surface area (Å²) in [7, 11) is 1.62. The lowest BCUT2D eigenvalue weighted by molar-refractivity contribution is 0.0940. The first-order valence-corrected chi connectivity index (χ1v) is 6.66. The van der Waals surface area contributed by atoms with E-state index in [2.05, 4.69) is 10.7 Å². The van der Waals surface area contributed by atoms with E-state index in [1.54, 1.807) is 25.3 Å². The van der Waals surface area contributed by atoms with Crippen molar-refractivity contribution >= 4 is 11.6 Å². The third kappa shape index (κ3) is 3.52. The Balaban J connectivity index is 2.11. The molecule has 2 aromatic rings. The number of hydrazine groups is 1. The minimum Gasteiger partial charge on any atom is -0.497 e. The monoisotopic (exact) mass is 285 g/mol. The van der Waals surface area contributed by atoms with Crippen LogP contribution in [-0.2, 0) is 0 Å². The quantitative estimate of drug-likeness (QED) is 0.582. The van der Waals surface area contributed by atoms with Gasteiger partial charge in [0.15, 0.2) is 0 Å². The molecule has 1 amide bonds. The van der Waals surface area contributed by atoms with Gasteiger partial charge in [0.25, 0.3) is 5.91 Å². The van der Waals surface area contributed by atoms with Crippen LogP contribution in [0.3, 0.4) is 0 Å². The van der Waals surface area contributed by atoms with Crippen molar-refractivity contribution in [2.45, 2.75) is 13.0 Å². The van der Waals surface area contributed by atoms with E-state index >= 15 is 0 Å². The van der Waals surface area contributed by atoms with Crippen molar-refractivity contribution < 1.29 is 9.53 Å². The standard InChI is InChI=1S/C16H19N3O2/c1-11(12-7-9-13(21-2)10-8-12)18-16(20)14-5-3-4-6-15(14)19-17/h3-11,19H,17H2,1-2H3,(H,18,20). The van der Waals surface area contributed by atoms with E-state index in [4.69, 9.17) is 10.6 Å². The van der Waals surface area contributed by atoms with Crippen molar-refractivity contribution in [3.8, 4) is 5.75 Å². The number of carbonyl (C=O) groups excluding carboxylic acids is 1. The number of nitrogen functional groups attached to an aromatic ring is 1. The molecule has 0 fully saturated rings. The average molecular weight is 285 g/mol. The molecular weight excluding hydrogens is 266 g/mol. The van der Waals surface area contributed by atoms with E-state index in [1.165, 1.54) is 0 Å². The number of benzene rings is 2. The van der Waals surface area contributed by atoms with Crippen molar-refractivity contribution in [1.82, 2.24) is 5.32 Å². The predicted molar refractivity (Wildman–Crippen MR) is 83.1 cm³/mol. The lowest BCUT2D eigenvalue weighted by atomic mass is 10.1. The predicted octanol–water partition coefficient (Wildman–Crippen LogP) is 2.47. The molecule has 0 spiro atoms. The van der Waals surface area contributed by atoms with E-state index in [0.717, 1.165) is 11.3 Å². The van der Waals surface area contributed by atoms with Crippen LogP contribution in [0.25, 0.3) is 0 Å². The summed E-state index contributed by atoms with van der Waals surface area (Å²) >= 11 is 0. The van der Waals surface area contributed by atoms with Crippen LogP contribution in [-0.4, -0.2) is 13.0 Å². The topological polar surface area (TPSA) is 76.4 Å². The van der Waals surface area contributed by atoms with Crippen LogP contribution in [0.5, 0.6) is 5.75 Å². The van der Waals surface area contributed by atoms with Gasteiger partial charge in [-0.2, -0.15) is 0 Å². The second kappa shape index (κ2) is 6.76. The van der Waals surface area contributed by atoms with Gasteiger partial charge in [0.2, 0.25) is 0 Å². The molecule has 2 rings (SSSR count). The fourth-order valence-electron chi connectivity index (χ4n) is 2.06. The normalized spacial score (nSPS) is 11.6. The SMILES string of the molecule is COc1ccc(C(C)NC(=O)c2ccccc2NN)cc1. The molecule has 1 unspecified atom stereocenters. The van der Waals surface area contributed by atoms with Gasteiger partial charge in [-0.05, 0) is 36.8 Å². The number of hydrogen-bond donors (Lipinski definition) is 3. The minimum absolute atomic E-state index is 0.116. The first kappa shape index (κ1) is 14.9. The number of anilines is 1. The lowest BCUT2D eigenvalue weighted by Crippen LogP contribution is -2.27. The fraction of sp³-hybridized carbons (Fsp3) is 0.188. The fourth-order valence-corrected chi connectivity index (χ4v) is 2.06. The largest absolute Gasteiger partial charge is 0.497 e. The Morgan fingerprint density at radius 2 is 1.81 bits per heavy atom. The molecule has 0 aromatic heterocycles. The van der Waals surface area contributed by atoms with Crippen LogP contribution < -0.4 is 21.3 Å². The van der Waals surface area contributed by atoms with Crippen LogP contribution in [0.2, 0.25) is 0 Å². The van der Waals surface area contributed by atoms with Gasteiger partial charge in [-0.25, -0.2) is 0 Å². The summed E-state index contributed by atoms with van der Waals surface area (Å²) in [6.07, 6.45) is 0. The van der Waals surface area contributed by atoms with Crippen LogP contribution in [0, 0.1) is 0 Å². The summed E-state index contributed by atoms with van der Waals surface area (Å²) in [6.45, 7) is 1.93. The maximum atomic E-state index is 12.3. The lowest BCUT2D eigenvalue weighted by Gasteiger charge is -2.16. The second-order valence-electron chi connectivity index (χ2n) is 4.66. The van der Waals surface area contributed by atoms with Crippen molar-refractivity contribution in [2.75, 3.05) is 12.5 Å². The van der Waals surface area contributed by atoms with Gasteiger partial charge in [-0.15, -0.1) is 0 Å². The first-order valence-electron chi connectivity index (χ1n) is 6.66. The highest BCUT2D eigenvalue weighted by atomic mass is 16.5. The molecule has 2 aromatic carbocycles. The smallest absolute Gasteiger partial charge is 0.253 e. The van der Waals surface area contributed by atoms with Crippen LogP contribution in [0.15, 0.2) is 48.5 Å². The summed E-state index contributed by atoms with van der Waals surface area (Å²) in [5.74, 6) is 6.03. The van der Waals surface area contributed by atoms with E-state index in [9.17, 15) is 4.79 Å². The highest BCUT2D eigenvalue weighted by Crippen LogP contribution is 2.19. The zero-order valence-electron chi connectivity index (χ0n) is 12.1. The number of nitrogens with one attached hydrogen (secondary N) is 2. The molecule has 21 heavy (non-hydrogen) atoms. The van der Waals surface area contributed by atoms with Crippen molar-refractivity contribution in [3.05, 3.63) is 59.7 Å². The second-order valence-corrected chi connectivity index (χ2v) is 4.66. The van der Waals surface area contributed by atoms with Crippen molar-refractivity contribution in [3.63, 3.8) is 0 Å². The van der Waals surface area contributed by atoms with Gasteiger partial charge in [0.05, 0.1) is 24.4 Å². The molecule has 0 saturated carbocycles. The Labute approximate surface area is 124 Å². The molecule has 0 bridgehead atoms. The number of nitrogens with two attached hydrogens (primary N) is 1. The maximum Gasteiger partial charge on any atom is 0.253 e. The maximum absolute atomic E-state index is 12.3. The van der Waals surface area contributed by atoms with E-state index < -0.39 is 0 Å². The van der Waals surface area contributed by atoms with Gasteiger partial charge < -0.3 is 15.5 Å². The van der Waals surface area contributed by atoms with Gasteiger partial charge >= 0.3 is 0 Å². The number of methoxy groups -OCH3 is 1. The number of ether oxygens (including phenoxy) is 1. The minimum atomic E-state index is -0.174. The van der Waals surface area contributed by atoms with Crippen molar-refractivity contribution in [2.24, 2.45) is 5.84 Å². The molecule has 4 N–H and O–H groups in total. The summed E-state index contributed by atoms with van der Waals surface area (Å²) in [4.78, 5) is 12.3. The van der Waals surface area contributed by atoms with E-state index in [0.29, 0.717) is 11.3 Å². The Hall–Kier alpha value is -2.53. The molecule has 0 saturated heterocycles. The van der Waals surface area contributed by atoms with Crippen LogP contribution in [0.4, 0.5) is 5.69 Å². The molecule has 0 aliphatic rings. The summed E-state index contributed by atoms with van der Waals surface area (Å²) < 4.78 is 5.12. The summed E-state index contributed by atoms with van der Waals surface area (Å²) in [5, 5.41) is 2.95. The van der Waals surface area contributed by atoms with E-state index in [1.807, 2.05) is 37.3 Å². The molecule has 0 heterocycles. The molecule has 5 nitrogen and oxygen atoms in total. The van der Waals surface area contributed by atoms with E-state index in [-0.39, 0.29) is 11.9 Å². The molecule has 1 atom stereocenters. The third-order valence-corrected chi connectivity index (χ3v) is 3.29. The summed E-state index contributed by atoms with van der Waals surface area (Å²) in [6, 6.07) is 14.6. The zero-order valence-corrected chi connectivity index (χ0v) is 12.1. The number of carbonyl (C=O) groups is 1. The number of amides is 1. The zero-order chi connectivity index (χ0) is 15.2. The van der Waals surface area contributed by atoms with Crippen LogP contribution in [0.1, 0.15) is 28.9 Å². The van der Waals surface area contributed by atoms with Gasteiger partial charge in [-0.1, -0.05) is 24.3 Å². The number of rotatable bonds is 5. The molecule has 0 aliphatic heterocycles. The highest BCUT2D eigenvalue weighted by Gasteiger charge is 2.14. The third-order valence-electron chi connectivity index (χ3n) is 3.29. The average Bonchev–Trinajstić information content (AvgIpc) is 2.54. The van der Waals surface area contributed by atoms with Crippen molar-refractivity contribution in [1.29, 1.82) is 0 Å². The first-order chi connectivity index (χ1) is 10.2. The molecular formula is C16H19N3O2. The Morgan fingerprint density at radius 3 is 2.43 bits per heavy atom. The molecule has 0 radical (unpaired) electrons. The number of hydrogen-bond acceptors (Lipinski definition) is 4. The molecule has 5 heteroatoms. The van der Waals surface area contributed by atoms with Crippen LogP contribution >= 0.6 is 0 Å². The van der Waals surface area contributed by atoms with Gasteiger partial charge in [0.1, 0.15) is 5.75 Å². The van der Waals surface area contributed by atoms with Gasteiger partial charge in [0, 0.05) is 0 Å². The highest BCUT2D eigenvalue weighted by molar-refractivity contribution is 5.99. The summed E-state index contributed by atoms with van der Waals surface area (Å²) in [5.41, 5.74) is 4.64. The number of para-hydroxylation sites is 1. The molecule has 0 aliphatic carbocycles. The Kier molecular flexibility index (Phi) is 4.79. The Morgan fingerprint density at radius 1 is 1.14 bits per heavy atom.